The minimum atomic E-state index is -0.148. The summed E-state index contributed by atoms with van der Waals surface area (Å²) in [5.41, 5.74) is 0. The van der Waals surface area contributed by atoms with Crippen LogP contribution in [0, 0.1) is 11.8 Å². The standard InChI is InChI=1S/C11H22O4/c1-12-10(13-2)8-6-5-7-9(8)11(14-3)15-4/h8-11H,5-7H2,1-4H3. The quantitative estimate of drug-likeness (QED) is 0.635. The predicted octanol–water partition coefficient (Wildman–Crippen LogP) is 1.64. The number of hydrogen-bond donors (Lipinski definition) is 0. The molecule has 0 aliphatic heterocycles. The largest absolute Gasteiger partial charge is 0.356 e. The minimum absolute atomic E-state index is 0.148. The topological polar surface area (TPSA) is 36.9 Å². The molecule has 0 bridgehead atoms. The lowest BCUT2D eigenvalue weighted by Gasteiger charge is -2.30. The normalized spacial score (nSPS) is 26.8. The van der Waals surface area contributed by atoms with Crippen molar-refractivity contribution >= 4 is 0 Å². The summed E-state index contributed by atoms with van der Waals surface area (Å²) in [6.45, 7) is 0. The highest BCUT2D eigenvalue weighted by Crippen LogP contribution is 2.38. The van der Waals surface area contributed by atoms with Gasteiger partial charge in [-0.25, -0.2) is 0 Å². The lowest BCUT2D eigenvalue weighted by atomic mass is 9.94. The van der Waals surface area contributed by atoms with Crippen molar-refractivity contribution in [2.45, 2.75) is 31.8 Å². The highest BCUT2D eigenvalue weighted by molar-refractivity contribution is 4.82. The average molecular weight is 218 g/mol. The zero-order valence-electron chi connectivity index (χ0n) is 10.1. The first kappa shape index (κ1) is 12.9. The van der Waals surface area contributed by atoms with E-state index in [0.717, 1.165) is 12.8 Å². The second-order valence-electron chi connectivity index (χ2n) is 3.94. The van der Waals surface area contributed by atoms with Gasteiger partial charge in [-0.3, -0.25) is 0 Å². The molecule has 1 fully saturated rings. The van der Waals surface area contributed by atoms with Crippen LogP contribution in [0.15, 0.2) is 0 Å². The minimum Gasteiger partial charge on any atom is -0.356 e. The van der Waals surface area contributed by atoms with Crippen molar-refractivity contribution in [1.29, 1.82) is 0 Å². The Morgan fingerprint density at radius 2 is 1.07 bits per heavy atom. The van der Waals surface area contributed by atoms with Crippen molar-refractivity contribution in [3.8, 4) is 0 Å². The summed E-state index contributed by atoms with van der Waals surface area (Å²) in [5, 5.41) is 0. The van der Waals surface area contributed by atoms with Crippen molar-refractivity contribution < 1.29 is 18.9 Å². The van der Waals surface area contributed by atoms with Crippen LogP contribution in [0.5, 0.6) is 0 Å². The van der Waals surface area contributed by atoms with E-state index in [4.69, 9.17) is 18.9 Å². The van der Waals surface area contributed by atoms with Crippen molar-refractivity contribution in [1.82, 2.24) is 0 Å². The van der Waals surface area contributed by atoms with Crippen molar-refractivity contribution in [3.63, 3.8) is 0 Å². The fourth-order valence-corrected chi connectivity index (χ4v) is 2.58. The van der Waals surface area contributed by atoms with E-state index < -0.39 is 0 Å². The second kappa shape index (κ2) is 6.43. The maximum absolute atomic E-state index is 5.32. The Morgan fingerprint density at radius 3 is 1.33 bits per heavy atom. The fraction of sp³-hybridized carbons (Fsp3) is 1.00. The van der Waals surface area contributed by atoms with Crippen LogP contribution in [0.25, 0.3) is 0 Å². The molecule has 4 nitrogen and oxygen atoms in total. The summed E-state index contributed by atoms with van der Waals surface area (Å²) < 4.78 is 21.3. The maximum atomic E-state index is 5.32. The van der Waals surface area contributed by atoms with Gasteiger partial charge < -0.3 is 18.9 Å². The third-order valence-corrected chi connectivity index (χ3v) is 3.25. The number of methoxy groups -OCH3 is 4. The summed E-state index contributed by atoms with van der Waals surface area (Å²) >= 11 is 0. The summed E-state index contributed by atoms with van der Waals surface area (Å²) in [6.07, 6.45) is 3.11. The lowest BCUT2D eigenvalue weighted by molar-refractivity contribution is -0.193. The van der Waals surface area contributed by atoms with Crippen molar-refractivity contribution in [2.75, 3.05) is 28.4 Å². The van der Waals surface area contributed by atoms with Gasteiger partial charge in [0.1, 0.15) is 0 Å². The molecule has 0 aromatic heterocycles. The highest BCUT2D eigenvalue weighted by Gasteiger charge is 2.39. The molecule has 90 valence electrons. The van der Waals surface area contributed by atoms with Gasteiger partial charge in [0.2, 0.25) is 0 Å². The smallest absolute Gasteiger partial charge is 0.160 e. The maximum Gasteiger partial charge on any atom is 0.160 e. The zero-order chi connectivity index (χ0) is 11.3. The van der Waals surface area contributed by atoms with Crippen molar-refractivity contribution in [3.05, 3.63) is 0 Å². The Labute approximate surface area is 91.8 Å². The Balaban J connectivity index is 2.62. The van der Waals surface area contributed by atoms with E-state index in [9.17, 15) is 0 Å². The van der Waals surface area contributed by atoms with E-state index in [1.54, 1.807) is 28.4 Å². The molecule has 0 aromatic rings. The Morgan fingerprint density at radius 1 is 0.733 bits per heavy atom. The molecule has 4 heteroatoms. The lowest BCUT2D eigenvalue weighted by Crippen LogP contribution is -2.35. The second-order valence-corrected chi connectivity index (χ2v) is 3.94. The molecule has 0 aromatic carbocycles. The Kier molecular flexibility index (Phi) is 5.53. The van der Waals surface area contributed by atoms with Gasteiger partial charge in [0.05, 0.1) is 0 Å². The molecule has 0 saturated heterocycles. The molecule has 0 spiro atoms. The van der Waals surface area contributed by atoms with Gasteiger partial charge in [-0.1, -0.05) is 6.42 Å². The molecule has 1 rings (SSSR count). The SMILES string of the molecule is COC(OC)C1CCCC1C(OC)OC. The van der Waals surface area contributed by atoms with Crippen LogP contribution in [0.3, 0.4) is 0 Å². The average Bonchev–Trinajstić information content (AvgIpc) is 2.71. The molecular formula is C11H22O4. The van der Waals surface area contributed by atoms with E-state index in [-0.39, 0.29) is 12.6 Å². The molecular weight excluding hydrogens is 196 g/mol. The predicted molar refractivity (Wildman–Crippen MR) is 56.4 cm³/mol. The van der Waals surface area contributed by atoms with Gasteiger partial charge in [-0.05, 0) is 12.8 Å². The first-order chi connectivity index (χ1) is 7.28. The summed E-state index contributed by atoms with van der Waals surface area (Å²) in [6, 6.07) is 0. The van der Waals surface area contributed by atoms with Crippen LogP contribution in [0.1, 0.15) is 19.3 Å². The summed E-state index contributed by atoms with van der Waals surface area (Å²) in [5.74, 6) is 0.731. The van der Waals surface area contributed by atoms with Crippen LogP contribution in [-0.4, -0.2) is 41.0 Å². The van der Waals surface area contributed by atoms with Gasteiger partial charge in [-0.2, -0.15) is 0 Å². The number of hydrogen-bond acceptors (Lipinski definition) is 4. The Bertz CT molecular complexity index is 148. The molecule has 0 N–H and O–H groups in total. The molecule has 0 radical (unpaired) electrons. The van der Waals surface area contributed by atoms with Crippen molar-refractivity contribution in [2.24, 2.45) is 11.8 Å². The monoisotopic (exact) mass is 218 g/mol. The van der Waals surface area contributed by atoms with Crippen LogP contribution in [0.2, 0.25) is 0 Å². The zero-order valence-corrected chi connectivity index (χ0v) is 10.1. The molecule has 1 saturated carbocycles. The number of ether oxygens (including phenoxy) is 4. The van der Waals surface area contributed by atoms with Crippen LogP contribution in [0.4, 0.5) is 0 Å². The van der Waals surface area contributed by atoms with E-state index in [0.29, 0.717) is 11.8 Å². The van der Waals surface area contributed by atoms with E-state index in [1.165, 1.54) is 6.42 Å². The van der Waals surface area contributed by atoms with Gasteiger partial charge in [-0.15, -0.1) is 0 Å². The molecule has 1 aliphatic rings. The Hall–Kier alpha value is -0.160. The fourth-order valence-electron chi connectivity index (χ4n) is 2.58. The molecule has 0 heterocycles. The third kappa shape index (κ3) is 2.91. The molecule has 2 unspecified atom stereocenters. The summed E-state index contributed by atoms with van der Waals surface area (Å²) in [4.78, 5) is 0. The van der Waals surface area contributed by atoms with E-state index in [1.807, 2.05) is 0 Å². The molecule has 1 aliphatic carbocycles. The van der Waals surface area contributed by atoms with Gasteiger partial charge >= 0.3 is 0 Å². The molecule has 2 atom stereocenters. The number of rotatable bonds is 6. The van der Waals surface area contributed by atoms with Gasteiger partial charge in [0.25, 0.3) is 0 Å². The highest BCUT2D eigenvalue weighted by atomic mass is 16.7. The van der Waals surface area contributed by atoms with Crippen LogP contribution < -0.4 is 0 Å². The van der Waals surface area contributed by atoms with E-state index >= 15 is 0 Å². The van der Waals surface area contributed by atoms with Gasteiger partial charge in [0, 0.05) is 40.3 Å². The molecule has 15 heavy (non-hydrogen) atoms. The first-order valence-corrected chi connectivity index (χ1v) is 5.39. The first-order valence-electron chi connectivity index (χ1n) is 5.39. The third-order valence-electron chi connectivity index (χ3n) is 3.25. The summed E-state index contributed by atoms with van der Waals surface area (Å²) in [7, 11) is 6.71. The van der Waals surface area contributed by atoms with E-state index in [2.05, 4.69) is 0 Å². The molecule has 0 amide bonds. The van der Waals surface area contributed by atoms with Crippen LogP contribution >= 0.6 is 0 Å². The van der Waals surface area contributed by atoms with Gasteiger partial charge in [0.15, 0.2) is 12.6 Å². The van der Waals surface area contributed by atoms with Crippen LogP contribution in [-0.2, 0) is 18.9 Å².